The van der Waals surface area contributed by atoms with Crippen molar-refractivity contribution in [2.24, 2.45) is 11.8 Å². The van der Waals surface area contributed by atoms with Crippen LogP contribution in [0.4, 0.5) is 11.1 Å². The minimum absolute atomic E-state index is 0.392. The average Bonchev–Trinajstić information content (AvgIpc) is 3.04. The molecule has 5 heteroatoms. The van der Waals surface area contributed by atoms with Gasteiger partial charge in [0.15, 0.2) is 0 Å². The summed E-state index contributed by atoms with van der Waals surface area (Å²) in [6, 6.07) is 0.641. The van der Waals surface area contributed by atoms with Gasteiger partial charge in [-0.25, -0.2) is 0 Å². The summed E-state index contributed by atoms with van der Waals surface area (Å²) in [6.45, 7) is 0. The van der Waals surface area contributed by atoms with E-state index >= 15 is 0 Å². The van der Waals surface area contributed by atoms with Crippen LogP contribution in [-0.2, 0) is 0 Å². The van der Waals surface area contributed by atoms with Crippen molar-refractivity contribution < 1.29 is 0 Å². The smallest absolute Gasteiger partial charge is 0.233 e. The van der Waals surface area contributed by atoms with Crippen LogP contribution >= 0.6 is 11.5 Å². The van der Waals surface area contributed by atoms with E-state index < -0.39 is 0 Å². The first kappa shape index (κ1) is 8.47. The highest BCUT2D eigenvalue weighted by Crippen LogP contribution is 2.45. The number of rotatable bonds is 4. The fourth-order valence-electron chi connectivity index (χ4n) is 1.97. The molecule has 0 radical (unpaired) electrons. The van der Waals surface area contributed by atoms with Gasteiger partial charge in [0.2, 0.25) is 11.1 Å². The molecule has 14 heavy (non-hydrogen) atoms. The topological polar surface area (TPSA) is 63.8 Å². The van der Waals surface area contributed by atoms with Crippen molar-refractivity contribution in [2.45, 2.75) is 31.7 Å². The molecular weight excluding hydrogens is 196 g/mol. The van der Waals surface area contributed by atoms with Crippen molar-refractivity contribution in [3.8, 4) is 0 Å². The van der Waals surface area contributed by atoms with Gasteiger partial charge in [0.25, 0.3) is 0 Å². The average molecular weight is 210 g/mol. The molecule has 76 valence electrons. The molecule has 3 N–H and O–H groups in total. The van der Waals surface area contributed by atoms with Crippen LogP contribution in [0, 0.1) is 11.8 Å². The van der Waals surface area contributed by atoms with E-state index in [2.05, 4.69) is 14.7 Å². The number of nitrogens with zero attached hydrogens (tertiary/aromatic N) is 2. The van der Waals surface area contributed by atoms with Gasteiger partial charge in [-0.05, 0) is 37.5 Å². The lowest BCUT2D eigenvalue weighted by Gasteiger charge is -2.15. The van der Waals surface area contributed by atoms with Gasteiger partial charge in [-0.2, -0.15) is 9.36 Å². The summed E-state index contributed by atoms with van der Waals surface area (Å²) in [5.74, 6) is 2.16. The van der Waals surface area contributed by atoms with Crippen LogP contribution in [0.15, 0.2) is 0 Å². The van der Waals surface area contributed by atoms with Crippen molar-refractivity contribution in [2.75, 3.05) is 11.1 Å². The second-order valence-corrected chi connectivity index (χ2v) is 5.05. The predicted octanol–water partition coefficient (Wildman–Crippen LogP) is 1.72. The molecule has 2 aliphatic rings. The molecule has 0 bridgehead atoms. The third-order valence-corrected chi connectivity index (χ3v) is 3.65. The maximum absolute atomic E-state index is 5.49. The number of nitrogens with two attached hydrogens (primary N) is 1. The second-order valence-electron chi connectivity index (χ2n) is 4.30. The number of hydrogen-bond donors (Lipinski definition) is 2. The molecule has 2 aliphatic carbocycles. The molecule has 0 saturated heterocycles. The lowest BCUT2D eigenvalue weighted by molar-refractivity contribution is 0.567. The molecule has 2 fully saturated rings. The SMILES string of the molecule is Nc1nsc(NC(C2CC2)C2CC2)n1. The maximum atomic E-state index is 5.49. The molecule has 1 heterocycles. The molecule has 4 nitrogen and oxygen atoms in total. The Labute approximate surface area is 87.1 Å². The van der Waals surface area contributed by atoms with Crippen molar-refractivity contribution in [1.29, 1.82) is 0 Å². The van der Waals surface area contributed by atoms with Crippen LogP contribution in [0.5, 0.6) is 0 Å². The summed E-state index contributed by atoms with van der Waals surface area (Å²) in [4.78, 5) is 4.14. The van der Waals surface area contributed by atoms with Crippen molar-refractivity contribution in [3.05, 3.63) is 0 Å². The zero-order valence-corrected chi connectivity index (χ0v) is 8.76. The molecule has 0 spiro atoms. The Balaban J connectivity index is 1.68. The highest BCUT2D eigenvalue weighted by Gasteiger charge is 2.41. The van der Waals surface area contributed by atoms with Crippen LogP contribution in [0.2, 0.25) is 0 Å². The fourth-order valence-corrected chi connectivity index (χ4v) is 2.51. The first-order valence-electron chi connectivity index (χ1n) is 5.18. The van der Waals surface area contributed by atoms with E-state index in [1.165, 1.54) is 37.2 Å². The zero-order chi connectivity index (χ0) is 9.54. The van der Waals surface area contributed by atoms with Crippen LogP contribution < -0.4 is 11.1 Å². The Kier molecular flexibility index (Phi) is 1.87. The zero-order valence-electron chi connectivity index (χ0n) is 7.94. The molecule has 0 amide bonds. The normalized spacial score (nSPS) is 21.5. The molecule has 1 aromatic heterocycles. The molecule has 0 unspecified atom stereocenters. The van der Waals surface area contributed by atoms with Gasteiger partial charge in [-0.15, -0.1) is 0 Å². The molecular formula is C9H14N4S. The maximum Gasteiger partial charge on any atom is 0.233 e. The predicted molar refractivity (Wildman–Crippen MR) is 57.2 cm³/mol. The monoisotopic (exact) mass is 210 g/mol. The van der Waals surface area contributed by atoms with Gasteiger partial charge in [0.1, 0.15) is 0 Å². The largest absolute Gasteiger partial charge is 0.367 e. The number of nitrogen functional groups attached to an aromatic ring is 1. The highest BCUT2D eigenvalue weighted by molar-refractivity contribution is 7.09. The molecule has 0 atom stereocenters. The second kappa shape index (κ2) is 3.08. The number of nitrogens with one attached hydrogen (secondary N) is 1. The van der Waals surface area contributed by atoms with E-state index in [1.807, 2.05) is 0 Å². The lowest BCUT2D eigenvalue weighted by Crippen LogP contribution is -2.24. The summed E-state index contributed by atoms with van der Waals surface area (Å²) in [7, 11) is 0. The third-order valence-electron chi connectivity index (χ3n) is 2.99. The first-order chi connectivity index (χ1) is 6.83. The Bertz CT molecular complexity index is 317. The molecule has 3 rings (SSSR count). The summed E-state index contributed by atoms with van der Waals surface area (Å²) < 4.78 is 3.97. The Morgan fingerprint density at radius 2 is 1.93 bits per heavy atom. The lowest BCUT2D eigenvalue weighted by atomic mass is 10.1. The minimum atomic E-state index is 0.392. The third kappa shape index (κ3) is 1.68. The Morgan fingerprint density at radius 3 is 2.36 bits per heavy atom. The van der Waals surface area contributed by atoms with Crippen molar-refractivity contribution in [1.82, 2.24) is 9.36 Å². The number of aromatic nitrogens is 2. The fraction of sp³-hybridized carbons (Fsp3) is 0.778. The highest BCUT2D eigenvalue weighted by atomic mass is 32.1. The summed E-state index contributed by atoms with van der Waals surface area (Å²) in [5.41, 5.74) is 5.49. The van der Waals surface area contributed by atoms with E-state index in [-0.39, 0.29) is 0 Å². The van der Waals surface area contributed by atoms with Gasteiger partial charge >= 0.3 is 0 Å². The van der Waals surface area contributed by atoms with Gasteiger partial charge in [0.05, 0.1) is 0 Å². The van der Waals surface area contributed by atoms with E-state index in [0.717, 1.165) is 17.0 Å². The Morgan fingerprint density at radius 1 is 1.29 bits per heavy atom. The van der Waals surface area contributed by atoms with Gasteiger partial charge < -0.3 is 11.1 Å². The van der Waals surface area contributed by atoms with Crippen LogP contribution in [-0.4, -0.2) is 15.4 Å². The standard InChI is InChI=1S/C9H14N4S/c10-8-12-9(14-13-8)11-7(5-1-2-5)6-3-4-6/h5-7H,1-4H2,(H3,10,11,12,13). The van der Waals surface area contributed by atoms with Crippen LogP contribution in [0.3, 0.4) is 0 Å². The summed E-state index contributed by atoms with van der Waals surface area (Å²) >= 11 is 1.37. The minimum Gasteiger partial charge on any atom is -0.367 e. The first-order valence-corrected chi connectivity index (χ1v) is 5.96. The number of anilines is 2. The van der Waals surface area contributed by atoms with Crippen LogP contribution in [0.25, 0.3) is 0 Å². The van der Waals surface area contributed by atoms with Crippen molar-refractivity contribution in [3.63, 3.8) is 0 Å². The van der Waals surface area contributed by atoms with Crippen molar-refractivity contribution >= 4 is 22.6 Å². The summed E-state index contributed by atoms with van der Waals surface area (Å²) in [5, 5.41) is 4.38. The van der Waals surface area contributed by atoms with Gasteiger partial charge in [-0.3, -0.25) is 0 Å². The molecule has 2 saturated carbocycles. The van der Waals surface area contributed by atoms with E-state index in [4.69, 9.17) is 5.73 Å². The van der Waals surface area contributed by atoms with Gasteiger partial charge in [0, 0.05) is 17.6 Å². The number of hydrogen-bond acceptors (Lipinski definition) is 5. The molecule has 1 aromatic rings. The molecule has 0 aliphatic heterocycles. The van der Waals surface area contributed by atoms with Gasteiger partial charge in [-0.1, -0.05) is 0 Å². The van der Waals surface area contributed by atoms with Crippen LogP contribution in [0.1, 0.15) is 25.7 Å². The summed E-state index contributed by atoms with van der Waals surface area (Å²) in [6.07, 6.45) is 5.51. The van der Waals surface area contributed by atoms with E-state index in [9.17, 15) is 0 Å². The van der Waals surface area contributed by atoms with E-state index in [0.29, 0.717) is 12.0 Å². The quantitative estimate of drug-likeness (QED) is 0.794. The molecule has 0 aromatic carbocycles. The van der Waals surface area contributed by atoms with E-state index in [1.54, 1.807) is 0 Å². The Hall–Kier alpha value is -0.840.